The topological polar surface area (TPSA) is 49.9 Å². The normalized spacial score (nSPS) is 15.0. The van der Waals surface area contributed by atoms with Crippen molar-refractivity contribution in [3.05, 3.63) is 51.2 Å². The second kappa shape index (κ2) is 9.35. The summed E-state index contributed by atoms with van der Waals surface area (Å²) < 4.78 is 5.41. The van der Waals surface area contributed by atoms with Crippen molar-refractivity contribution in [2.45, 2.75) is 19.4 Å². The van der Waals surface area contributed by atoms with Gasteiger partial charge in [0.25, 0.3) is 0 Å². The number of Topliss-reactive ketones (excluding diaryl/α,β-unsaturated/α-hetero) is 1. The lowest BCUT2D eigenvalue weighted by Crippen LogP contribution is -2.48. The van der Waals surface area contributed by atoms with E-state index in [0.29, 0.717) is 18.1 Å². The number of nitrogens with zero attached hydrogens (tertiary/aromatic N) is 2. The van der Waals surface area contributed by atoms with Crippen molar-refractivity contribution in [1.82, 2.24) is 9.80 Å². The molecule has 3 rings (SSSR count). The Hall–Kier alpha value is -1.89. The molecule has 1 amide bonds. The molecule has 1 fully saturated rings. The number of hydrogen-bond acceptors (Lipinski definition) is 5. The molecule has 1 aliphatic rings. The summed E-state index contributed by atoms with van der Waals surface area (Å²) in [5, 5.41) is 2.57. The number of carbonyl (C=O) groups is 2. The molecular weight excluding hydrogens is 384 g/mol. The highest BCUT2D eigenvalue weighted by atomic mass is 35.5. The van der Waals surface area contributed by atoms with Crippen LogP contribution in [-0.2, 0) is 11.3 Å². The van der Waals surface area contributed by atoms with Crippen LogP contribution in [0.1, 0.15) is 28.1 Å². The molecule has 0 N–H and O–H groups in total. The largest absolute Gasteiger partial charge is 0.496 e. The van der Waals surface area contributed by atoms with Crippen LogP contribution in [0.5, 0.6) is 5.75 Å². The van der Waals surface area contributed by atoms with Crippen LogP contribution in [0.2, 0.25) is 5.02 Å². The minimum absolute atomic E-state index is 0.0463. The van der Waals surface area contributed by atoms with E-state index in [0.717, 1.165) is 35.8 Å². The second-order valence-corrected chi connectivity index (χ2v) is 7.90. The molecular formula is C20H23ClN2O3S. The number of halogens is 1. The van der Waals surface area contributed by atoms with Crippen LogP contribution in [-0.4, -0.2) is 54.8 Å². The molecule has 0 spiro atoms. The molecule has 1 aromatic carbocycles. The molecule has 0 atom stereocenters. The number of rotatable bonds is 7. The fourth-order valence-electron chi connectivity index (χ4n) is 3.21. The predicted octanol–water partition coefficient (Wildman–Crippen LogP) is 3.72. The summed E-state index contributed by atoms with van der Waals surface area (Å²) in [5.41, 5.74) is 1.05. The van der Waals surface area contributed by atoms with Crippen LogP contribution in [0.25, 0.3) is 0 Å². The maximum atomic E-state index is 12.4. The van der Waals surface area contributed by atoms with E-state index in [9.17, 15) is 9.59 Å². The Labute approximate surface area is 168 Å². The van der Waals surface area contributed by atoms with Gasteiger partial charge in [-0.2, -0.15) is 0 Å². The molecule has 5 nitrogen and oxygen atoms in total. The number of carbonyl (C=O) groups excluding carboxylic acids is 2. The summed E-state index contributed by atoms with van der Waals surface area (Å²) in [5.74, 6) is 0.926. The average Bonchev–Trinajstić information content (AvgIpc) is 3.21. The van der Waals surface area contributed by atoms with E-state index in [-0.39, 0.29) is 24.5 Å². The van der Waals surface area contributed by atoms with Crippen molar-refractivity contribution in [3.63, 3.8) is 0 Å². The number of hydrogen-bond donors (Lipinski definition) is 0. The van der Waals surface area contributed by atoms with Crippen molar-refractivity contribution in [1.29, 1.82) is 0 Å². The van der Waals surface area contributed by atoms with Crippen LogP contribution in [0.4, 0.5) is 0 Å². The minimum Gasteiger partial charge on any atom is -0.496 e. The highest BCUT2D eigenvalue weighted by Gasteiger charge is 2.22. The lowest BCUT2D eigenvalue weighted by molar-refractivity contribution is -0.133. The van der Waals surface area contributed by atoms with Crippen LogP contribution in [0, 0.1) is 0 Å². The van der Waals surface area contributed by atoms with E-state index >= 15 is 0 Å². The smallest absolute Gasteiger partial charge is 0.223 e. The van der Waals surface area contributed by atoms with Gasteiger partial charge >= 0.3 is 0 Å². The van der Waals surface area contributed by atoms with E-state index in [1.807, 2.05) is 34.5 Å². The molecule has 0 radical (unpaired) electrons. The van der Waals surface area contributed by atoms with Gasteiger partial charge in [-0.25, -0.2) is 0 Å². The Morgan fingerprint density at radius 2 is 1.93 bits per heavy atom. The summed E-state index contributed by atoms with van der Waals surface area (Å²) in [6.45, 7) is 3.67. The standard InChI is InChI=1S/C20H23ClN2O3S/c1-26-18-6-4-16(21)13-15(18)14-22-8-10-23(11-9-22)20(25)7-5-17(24)19-3-2-12-27-19/h2-4,6,12-13H,5,7-11,14H2,1H3. The number of benzene rings is 1. The van der Waals surface area contributed by atoms with E-state index in [4.69, 9.17) is 16.3 Å². The maximum absolute atomic E-state index is 12.4. The lowest BCUT2D eigenvalue weighted by Gasteiger charge is -2.35. The Bertz CT molecular complexity index is 787. The summed E-state index contributed by atoms with van der Waals surface area (Å²) >= 11 is 7.52. The molecule has 2 aromatic rings. The Morgan fingerprint density at radius 3 is 2.59 bits per heavy atom. The Morgan fingerprint density at radius 1 is 1.15 bits per heavy atom. The molecule has 0 aliphatic carbocycles. The van der Waals surface area contributed by atoms with Crippen LogP contribution >= 0.6 is 22.9 Å². The van der Waals surface area contributed by atoms with Crippen molar-refractivity contribution in [3.8, 4) is 5.75 Å². The second-order valence-electron chi connectivity index (χ2n) is 6.51. The Balaban J connectivity index is 1.46. The fourth-order valence-corrected chi connectivity index (χ4v) is 4.10. The van der Waals surface area contributed by atoms with Crippen molar-refractivity contribution < 1.29 is 14.3 Å². The number of thiophene rings is 1. The summed E-state index contributed by atoms with van der Waals surface area (Å²) in [4.78, 5) is 29.3. The summed E-state index contributed by atoms with van der Waals surface area (Å²) in [7, 11) is 1.65. The van der Waals surface area contributed by atoms with Gasteiger partial charge < -0.3 is 9.64 Å². The first-order valence-electron chi connectivity index (χ1n) is 8.96. The van der Waals surface area contributed by atoms with Crippen LogP contribution < -0.4 is 4.74 Å². The van der Waals surface area contributed by atoms with Gasteiger partial charge in [0.1, 0.15) is 5.75 Å². The van der Waals surface area contributed by atoms with E-state index in [1.54, 1.807) is 13.2 Å². The number of ketones is 1. The maximum Gasteiger partial charge on any atom is 0.223 e. The number of ether oxygens (including phenoxy) is 1. The van der Waals surface area contributed by atoms with Crippen LogP contribution in [0.3, 0.4) is 0 Å². The third kappa shape index (κ3) is 5.31. The van der Waals surface area contributed by atoms with Gasteiger partial charge in [0.15, 0.2) is 5.78 Å². The molecule has 2 heterocycles. The monoisotopic (exact) mass is 406 g/mol. The fraction of sp³-hybridized carbons (Fsp3) is 0.400. The molecule has 7 heteroatoms. The summed E-state index contributed by atoms with van der Waals surface area (Å²) in [6.07, 6.45) is 0.554. The van der Waals surface area contributed by atoms with E-state index in [2.05, 4.69) is 4.90 Å². The first-order valence-corrected chi connectivity index (χ1v) is 10.2. The first kappa shape index (κ1) is 19.9. The summed E-state index contributed by atoms with van der Waals surface area (Å²) in [6, 6.07) is 9.28. The zero-order valence-corrected chi connectivity index (χ0v) is 16.9. The van der Waals surface area contributed by atoms with Gasteiger partial charge in [0.05, 0.1) is 12.0 Å². The zero-order valence-electron chi connectivity index (χ0n) is 15.3. The van der Waals surface area contributed by atoms with Gasteiger partial charge in [-0.1, -0.05) is 17.7 Å². The third-order valence-corrected chi connectivity index (χ3v) is 5.87. The molecule has 1 saturated heterocycles. The molecule has 1 aliphatic heterocycles. The van der Waals surface area contributed by atoms with Gasteiger partial charge in [0, 0.05) is 56.2 Å². The van der Waals surface area contributed by atoms with Gasteiger partial charge in [-0.3, -0.25) is 14.5 Å². The van der Waals surface area contributed by atoms with Crippen molar-refractivity contribution in [2.24, 2.45) is 0 Å². The highest BCUT2D eigenvalue weighted by molar-refractivity contribution is 7.12. The third-order valence-electron chi connectivity index (χ3n) is 4.72. The van der Waals surface area contributed by atoms with E-state index in [1.165, 1.54) is 11.3 Å². The van der Waals surface area contributed by atoms with Crippen LogP contribution in [0.15, 0.2) is 35.7 Å². The van der Waals surface area contributed by atoms with Gasteiger partial charge in [-0.05, 0) is 29.6 Å². The Kier molecular flexibility index (Phi) is 6.88. The molecule has 27 heavy (non-hydrogen) atoms. The van der Waals surface area contributed by atoms with Crippen molar-refractivity contribution in [2.75, 3.05) is 33.3 Å². The quantitative estimate of drug-likeness (QED) is 0.657. The average molecular weight is 407 g/mol. The first-order chi connectivity index (χ1) is 13.1. The van der Waals surface area contributed by atoms with Gasteiger partial charge in [-0.15, -0.1) is 11.3 Å². The van der Waals surface area contributed by atoms with Crippen molar-refractivity contribution >= 4 is 34.6 Å². The zero-order chi connectivity index (χ0) is 19.2. The number of piperazine rings is 1. The van der Waals surface area contributed by atoms with E-state index < -0.39 is 0 Å². The lowest BCUT2D eigenvalue weighted by atomic mass is 10.1. The molecule has 1 aromatic heterocycles. The number of methoxy groups -OCH3 is 1. The molecule has 0 unspecified atom stereocenters. The molecule has 0 bridgehead atoms. The van der Waals surface area contributed by atoms with Gasteiger partial charge in [0.2, 0.25) is 5.91 Å². The predicted molar refractivity (Wildman–Crippen MR) is 108 cm³/mol. The molecule has 144 valence electrons. The SMILES string of the molecule is COc1ccc(Cl)cc1CN1CCN(C(=O)CCC(=O)c2cccs2)CC1. The minimum atomic E-state index is 0.0463. The molecule has 0 saturated carbocycles. The number of amides is 1. The highest BCUT2D eigenvalue weighted by Crippen LogP contribution is 2.24.